The first kappa shape index (κ1) is 28.7. The third kappa shape index (κ3) is 5.21. The van der Waals surface area contributed by atoms with Crippen LogP contribution in [-0.2, 0) is 22.9 Å². The Hall–Kier alpha value is -4.42. The molecule has 0 bridgehead atoms. The molecule has 3 aromatic heterocycles. The molecule has 0 saturated carbocycles. The van der Waals surface area contributed by atoms with Crippen LogP contribution in [0.3, 0.4) is 0 Å². The second-order valence-electron chi connectivity index (χ2n) is 12.0. The summed E-state index contributed by atoms with van der Waals surface area (Å²) in [5.74, 6) is 0. The number of benzene rings is 3. The molecule has 0 saturated heterocycles. The average molecular weight is 584 g/mol. The summed E-state index contributed by atoms with van der Waals surface area (Å²) in [6, 6.07) is 39.6. The number of thiol groups is 1. The molecule has 6 heteroatoms. The molecule has 43 heavy (non-hydrogen) atoms. The predicted octanol–water partition coefficient (Wildman–Crippen LogP) is 7.91. The van der Waals surface area contributed by atoms with Crippen molar-refractivity contribution in [1.82, 2.24) is 24.5 Å². The molecule has 3 heterocycles. The van der Waals surface area contributed by atoms with Crippen LogP contribution in [0.5, 0.6) is 0 Å². The molecule has 0 amide bonds. The van der Waals surface area contributed by atoms with Crippen LogP contribution in [0.4, 0.5) is 0 Å². The van der Waals surface area contributed by atoms with Crippen molar-refractivity contribution in [3.63, 3.8) is 0 Å². The van der Waals surface area contributed by atoms with E-state index < -0.39 is 16.5 Å². The molecular formula is C37H37N5S. The number of hydrogen-bond donors (Lipinski definition) is 1. The standard InChI is InChI=1S/C37H37N5S/c1-35(2,33-22-25-41(39-33)36(3,28-15-7-5-8-16-28)27-30-19-13-14-24-38-30)34-23-26-42(40-34)37(4,29-17-9-6-10-18-29)31-20-11-12-21-32(31)43/h5-26,43H,27H2,1-4H3. The van der Waals surface area contributed by atoms with Crippen molar-refractivity contribution in [2.75, 3.05) is 0 Å². The number of nitrogens with zero attached hydrogens (tertiary/aromatic N) is 5. The fraction of sp³-hybridized carbons (Fsp3) is 0.216. The SMILES string of the molecule is CC(C)(c1ccn(C(C)(Cc2ccccn2)c2ccccc2)n1)c1ccn(C(C)(c2ccccc2)c2ccccc2S)n1. The monoisotopic (exact) mass is 583 g/mol. The molecule has 6 aromatic rings. The number of pyridine rings is 1. The van der Waals surface area contributed by atoms with Crippen LogP contribution in [0.1, 0.15) is 61.5 Å². The lowest BCUT2D eigenvalue weighted by Gasteiger charge is -2.33. The molecule has 0 aliphatic carbocycles. The lowest BCUT2D eigenvalue weighted by molar-refractivity contribution is 0.341. The molecule has 6 rings (SSSR count). The molecule has 2 atom stereocenters. The van der Waals surface area contributed by atoms with Gasteiger partial charge in [-0.2, -0.15) is 10.2 Å². The molecule has 0 aliphatic heterocycles. The van der Waals surface area contributed by atoms with Gasteiger partial charge in [-0.05, 0) is 74.7 Å². The van der Waals surface area contributed by atoms with Crippen LogP contribution in [0.15, 0.2) is 139 Å². The Morgan fingerprint density at radius 3 is 1.79 bits per heavy atom. The van der Waals surface area contributed by atoms with Crippen molar-refractivity contribution in [3.05, 3.63) is 168 Å². The summed E-state index contributed by atoms with van der Waals surface area (Å²) in [7, 11) is 0. The highest BCUT2D eigenvalue weighted by Crippen LogP contribution is 2.39. The number of aromatic nitrogens is 5. The first-order valence-corrected chi connectivity index (χ1v) is 15.1. The van der Waals surface area contributed by atoms with E-state index in [2.05, 4.69) is 133 Å². The quantitative estimate of drug-likeness (QED) is 0.176. The largest absolute Gasteiger partial charge is 0.262 e. The van der Waals surface area contributed by atoms with Crippen molar-refractivity contribution in [2.45, 2.75) is 55.5 Å². The minimum Gasteiger partial charge on any atom is -0.262 e. The van der Waals surface area contributed by atoms with Gasteiger partial charge < -0.3 is 0 Å². The van der Waals surface area contributed by atoms with Gasteiger partial charge in [0.05, 0.1) is 22.3 Å². The summed E-state index contributed by atoms with van der Waals surface area (Å²) in [4.78, 5) is 5.57. The lowest BCUT2D eigenvalue weighted by atomic mass is 9.84. The first-order valence-electron chi connectivity index (χ1n) is 14.7. The average Bonchev–Trinajstić information content (AvgIpc) is 3.75. The second kappa shape index (κ2) is 11.3. The summed E-state index contributed by atoms with van der Waals surface area (Å²) in [6.07, 6.45) is 6.74. The highest BCUT2D eigenvalue weighted by Gasteiger charge is 2.37. The van der Waals surface area contributed by atoms with Gasteiger partial charge in [-0.3, -0.25) is 14.3 Å². The van der Waals surface area contributed by atoms with E-state index in [1.54, 1.807) is 0 Å². The van der Waals surface area contributed by atoms with Crippen molar-refractivity contribution in [2.24, 2.45) is 0 Å². The van der Waals surface area contributed by atoms with Crippen LogP contribution in [0.25, 0.3) is 0 Å². The molecule has 216 valence electrons. The fourth-order valence-corrected chi connectivity index (χ4v) is 6.38. The van der Waals surface area contributed by atoms with Gasteiger partial charge in [0.1, 0.15) is 5.54 Å². The van der Waals surface area contributed by atoms with Gasteiger partial charge in [0.25, 0.3) is 0 Å². The maximum absolute atomic E-state index is 5.25. The van der Waals surface area contributed by atoms with Crippen LogP contribution in [0, 0.1) is 0 Å². The molecule has 0 fully saturated rings. The maximum Gasteiger partial charge on any atom is 0.111 e. The van der Waals surface area contributed by atoms with E-state index in [-0.39, 0.29) is 0 Å². The molecule has 3 aromatic carbocycles. The zero-order valence-electron chi connectivity index (χ0n) is 25.1. The maximum atomic E-state index is 5.25. The van der Waals surface area contributed by atoms with Gasteiger partial charge in [-0.1, -0.05) is 84.9 Å². The van der Waals surface area contributed by atoms with E-state index in [4.69, 9.17) is 22.8 Å². The Morgan fingerprint density at radius 1 is 0.605 bits per heavy atom. The van der Waals surface area contributed by atoms with Gasteiger partial charge in [-0.25, -0.2) is 0 Å². The fourth-order valence-electron chi connectivity index (χ4n) is 6.00. The van der Waals surface area contributed by atoms with Crippen molar-refractivity contribution >= 4 is 12.6 Å². The smallest absolute Gasteiger partial charge is 0.111 e. The van der Waals surface area contributed by atoms with Crippen LogP contribution in [-0.4, -0.2) is 24.5 Å². The summed E-state index contributed by atoms with van der Waals surface area (Å²) < 4.78 is 4.16. The molecule has 0 aliphatic rings. The van der Waals surface area contributed by atoms with Crippen LogP contribution in [0.2, 0.25) is 0 Å². The minimum absolute atomic E-state index is 0.425. The Balaban J connectivity index is 1.40. The normalized spacial score (nSPS) is 14.6. The molecule has 0 radical (unpaired) electrons. The van der Waals surface area contributed by atoms with Gasteiger partial charge in [-0.15, -0.1) is 12.6 Å². The molecule has 2 unspecified atom stereocenters. The van der Waals surface area contributed by atoms with Gasteiger partial charge >= 0.3 is 0 Å². The highest BCUT2D eigenvalue weighted by molar-refractivity contribution is 7.80. The van der Waals surface area contributed by atoms with E-state index in [0.717, 1.165) is 33.1 Å². The zero-order valence-corrected chi connectivity index (χ0v) is 26.0. The summed E-state index contributed by atoms with van der Waals surface area (Å²) in [5.41, 5.74) is 4.91. The number of hydrogen-bond acceptors (Lipinski definition) is 4. The topological polar surface area (TPSA) is 48.5 Å². The van der Waals surface area contributed by atoms with Gasteiger partial charge in [0, 0.05) is 35.6 Å². The molecule has 0 spiro atoms. The molecule has 5 nitrogen and oxygen atoms in total. The Kier molecular flexibility index (Phi) is 7.57. The zero-order chi connectivity index (χ0) is 30.1. The van der Waals surface area contributed by atoms with Gasteiger partial charge in [0.2, 0.25) is 0 Å². The third-order valence-electron chi connectivity index (χ3n) is 8.83. The van der Waals surface area contributed by atoms with E-state index >= 15 is 0 Å². The van der Waals surface area contributed by atoms with Crippen LogP contribution < -0.4 is 0 Å². The predicted molar refractivity (Wildman–Crippen MR) is 176 cm³/mol. The molecule has 0 N–H and O–H groups in total. The Labute approximate surface area is 259 Å². The van der Waals surface area contributed by atoms with E-state index in [0.29, 0.717) is 6.42 Å². The number of rotatable bonds is 9. The molecular weight excluding hydrogens is 547 g/mol. The van der Waals surface area contributed by atoms with E-state index in [1.165, 1.54) is 5.56 Å². The van der Waals surface area contributed by atoms with Crippen LogP contribution >= 0.6 is 12.6 Å². The summed E-state index contributed by atoms with van der Waals surface area (Å²) in [5, 5.41) is 10.5. The van der Waals surface area contributed by atoms with Crippen molar-refractivity contribution < 1.29 is 0 Å². The van der Waals surface area contributed by atoms with Crippen molar-refractivity contribution in [1.29, 1.82) is 0 Å². The minimum atomic E-state index is -0.554. The van der Waals surface area contributed by atoms with E-state index in [9.17, 15) is 0 Å². The highest BCUT2D eigenvalue weighted by atomic mass is 32.1. The van der Waals surface area contributed by atoms with E-state index in [1.807, 2.05) is 42.6 Å². The summed E-state index contributed by atoms with van der Waals surface area (Å²) >= 11 is 4.85. The van der Waals surface area contributed by atoms with Crippen molar-refractivity contribution in [3.8, 4) is 0 Å². The Bertz CT molecular complexity index is 1810. The first-order chi connectivity index (χ1) is 20.7. The summed E-state index contributed by atoms with van der Waals surface area (Å²) in [6.45, 7) is 8.82. The lowest BCUT2D eigenvalue weighted by Crippen LogP contribution is -2.36. The van der Waals surface area contributed by atoms with Gasteiger partial charge in [0.15, 0.2) is 0 Å². The Morgan fingerprint density at radius 2 is 1.16 bits per heavy atom. The third-order valence-corrected chi connectivity index (χ3v) is 9.22. The second-order valence-corrected chi connectivity index (χ2v) is 12.5.